The van der Waals surface area contributed by atoms with E-state index in [9.17, 15) is 18.0 Å². The molecule has 0 aliphatic rings. The normalized spacial score (nSPS) is 11.5. The van der Waals surface area contributed by atoms with Gasteiger partial charge in [0.1, 0.15) is 0 Å². The monoisotopic (exact) mass is 271 g/mol. The van der Waals surface area contributed by atoms with Crippen LogP contribution >= 0.6 is 0 Å². The van der Waals surface area contributed by atoms with Gasteiger partial charge in [0.25, 0.3) is 0 Å². The lowest BCUT2D eigenvalue weighted by Gasteiger charge is -2.07. The van der Waals surface area contributed by atoms with E-state index < -0.39 is 17.7 Å². The lowest BCUT2D eigenvalue weighted by atomic mass is 10.2. The van der Waals surface area contributed by atoms with Gasteiger partial charge in [-0.2, -0.15) is 13.2 Å². The lowest BCUT2D eigenvalue weighted by molar-refractivity contribution is -0.138. The molecule has 2 rings (SSSR count). The molecular formula is C11H8F3N3O2. The number of nitrogens with zero attached hydrogens (tertiary/aromatic N) is 3. The van der Waals surface area contributed by atoms with Crippen LogP contribution in [-0.4, -0.2) is 26.1 Å². The number of aliphatic carboxylic acids is 1. The molecule has 0 fully saturated rings. The molecule has 0 saturated carbocycles. The van der Waals surface area contributed by atoms with Crippen molar-refractivity contribution < 1.29 is 23.1 Å². The van der Waals surface area contributed by atoms with Crippen LogP contribution < -0.4 is 0 Å². The molecule has 1 aromatic heterocycles. The summed E-state index contributed by atoms with van der Waals surface area (Å²) in [5, 5.41) is 15.8. The molecule has 1 N–H and O–H groups in total. The van der Waals surface area contributed by atoms with Gasteiger partial charge in [-0.15, -0.1) is 5.10 Å². The molecule has 0 amide bonds. The summed E-state index contributed by atoms with van der Waals surface area (Å²) < 4.78 is 38.3. The molecule has 19 heavy (non-hydrogen) atoms. The number of rotatable bonds is 3. The topological polar surface area (TPSA) is 68.0 Å². The minimum Gasteiger partial charge on any atom is -0.481 e. The van der Waals surface area contributed by atoms with Gasteiger partial charge in [-0.05, 0) is 24.3 Å². The Hall–Kier alpha value is -2.38. The molecule has 0 unspecified atom stereocenters. The van der Waals surface area contributed by atoms with Crippen LogP contribution in [0.1, 0.15) is 11.3 Å². The summed E-state index contributed by atoms with van der Waals surface area (Å²) in [5.74, 6) is -1.06. The van der Waals surface area contributed by atoms with E-state index in [2.05, 4.69) is 10.3 Å². The Morgan fingerprint density at radius 3 is 2.42 bits per heavy atom. The number of aromatic nitrogens is 3. The number of hydrogen-bond acceptors (Lipinski definition) is 3. The van der Waals surface area contributed by atoms with Gasteiger partial charge in [-0.25, -0.2) is 4.68 Å². The van der Waals surface area contributed by atoms with E-state index in [4.69, 9.17) is 5.11 Å². The number of alkyl halides is 3. The fourth-order valence-electron chi connectivity index (χ4n) is 1.46. The summed E-state index contributed by atoms with van der Waals surface area (Å²) in [6.07, 6.45) is -3.33. The molecule has 0 radical (unpaired) electrons. The third kappa shape index (κ3) is 3.09. The molecule has 0 spiro atoms. The second kappa shape index (κ2) is 4.71. The van der Waals surface area contributed by atoms with Crippen LogP contribution in [0, 0.1) is 0 Å². The highest BCUT2D eigenvalue weighted by Gasteiger charge is 2.30. The largest absolute Gasteiger partial charge is 0.481 e. The number of hydrogen-bond donors (Lipinski definition) is 1. The van der Waals surface area contributed by atoms with E-state index in [-0.39, 0.29) is 12.1 Å². The van der Waals surface area contributed by atoms with Gasteiger partial charge in [0, 0.05) is 0 Å². The molecule has 2 aromatic rings. The zero-order valence-corrected chi connectivity index (χ0v) is 9.42. The summed E-state index contributed by atoms with van der Waals surface area (Å²) in [5.41, 5.74) is -0.160. The highest BCUT2D eigenvalue weighted by Crippen LogP contribution is 2.29. The predicted octanol–water partition coefficient (Wildman–Crippen LogP) is 1.91. The van der Waals surface area contributed by atoms with Crippen LogP contribution in [0.3, 0.4) is 0 Å². The highest BCUT2D eigenvalue weighted by molar-refractivity contribution is 5.69. The van der Waals surface area contributed by atoms with Gasteiger partial charge >= 0.3 is 12.1 Å². The van der Waals surface area contributed by atoms with Crippen molar-refractivity contribution in [2.45, 2.75) is 12.6 Å². The second-order valence-electron chi connectivity index (χ2n) is 3.77. The Labute approximate surface area is 105 Å². The molecule has 1 heterocycles. The molecule has 1 aromatic carbocycles. The molecule has 100 valence electrons. The number of benzene rings is 1. The first kappa shape index (κ1) is 13.1. The van der Waals surface area contributed by atoms with Gasteiger partial charge in [0.2, 0.25) is 0 Å². The quantitative estimate of drug-likeness (QED) is 0.926. The first-order valence-corrected chi connectivity index (χ1v) is 5.17. The third-order valence-electron chi connectivity index (χ3n) is 2.33. The van der Waals surface area contributed by atoms with Crippen molar-refractivity contribution in [1.29, 1.82) is 0 Å². The van der Waals surface area contributed by atoms with Gasteiger partial charge in [0.05, 0.1) is 29.6 Å². The Bertz CT molecular complexity index is 590. The van der Waals surface area contributed by atoms with Crippen LogP contribution in [0.5, 0.6) is 0 Å². The van der Waals surface area contributed by atoms with E-state index in [0.29, 0.717) is 5.69 Å². The molecule has 0 saturated heterocycles. The molecule has 0 atom stereocenters. The van der Waals surface area contributed by atoms with Gasteiger partial charge < -0.3 is 5.11 Å². The number of carboxylic acids is 1. The van der Waals surface area contributed by atoms with Crippen molar-refractivity contribution in [2.24, 2.45) is 0 Å². The Morgan fingerprint density at radius 1 is 1.26 bits per heavy atom. The van der Waals surface area contributed by atoms with Crippen molar-refractivity contribution in [3.8, 4) is 5.69 Å². The smallest absolute Gasteiger partial charge is 0.416 e. The second-order valence-corrected chi connectivity index (χ2v) is 3.77. The maximum atomic E-state index is 12.4. The fraction of sp³-hybridized carbons (Fsp3) is 0.182. The fourth-order valence-corrected chi connectivity index (χ4v) is 1.46. The average molecular weight is 271 g/mol. The van der Waals surface area contributed by atoms with E-state index in [1.807, 2.05) is 0 Å². The SMILES string of the molecule is O=C(O)Cc1cn(-c2ccc(C(F)(F)F)cc2)nn1. The zero-order chi connectivity index (χ0) is 14.0. The van der Waals surface area contributed by atoms with Crippen molar-refractivity contribution >= 4 is 5.97 Å². The zero-order valence-electron chi connectivity index (χ0n) is 9.42. The van der Waals surface area contributed by atoms with Crippen LogP contribution in [0.25, 0.3) is 5.69 Å². The average Bonchev–Trinajstić information content (AvgIpc) is 2.75. The van der Waals surface area contributed by atoms with Crippen molar-refractivity contribution in [2.75, 3.05) is 0 Å². The molecule has 8 heteroatoms. The molecule has 0 aliphatic carbocycles. The van der Waals surface area contributed by atoms with Crippen LogP contribution in [0.15, 0.2) is 30.5 Å². The molecular weight excluding hydrogens is 263 g/mol. The highest BCUT2D eigenvalue weighted by atomic mass is 19.4. The van der Waals surface area contributed by atoms with E-state index in [1.165, 1.54) is 23.0 Å². The van der Waals surface area contributed by atoms with Crippen LogP contribution in [0.2, 0.25) is 0 Å². The predicted molar refractivity (Wildman–Crippen MR) is 57.7 cm³/mol. The third-order valence-corrected chi connectivity index (χ3v) is 2.33. The summed E-state index contributed by atoms with van der Waals surface area (Å²) in [6, 6.07) is 4.33. The minimum atomic E-state index is -4.39. The van der Waals surface area contributed by atoms with E-state index >= 15 is 0 Å². The van der Waals surface area contributed by atoms with Crippen molar-refractivity contribution in [3.63, 3.8) is 0 Å². The van der Waals surface area contributed by atoms with Gasteiger partial charge in [0.15, 0.2) is 0 Å². The summed E-state index contributed by atoms with van der Waals surface area (Å²) >= 11 is 0. The standard InChI is InChI=1S/C11H8F3N3O2/c12-11(13,14)7-1-3-9(4-2-7)17-6-8(15-16-17)5-10(18)19/h1-4,6H,5H2,(H,18,19). The first-order valence-electron chi connectivity index (χ1n) is 5.17. The maximum absolute atomic E-state index is 12.4. The molecule has 5 nitrogen and oxygen atoms in total. The number of carboxylic acid groups (broad SMARTS) is 1. The lowest BCUT2D eigenvalue weighted by Crippen LogP contribution is -2.05. The van der Waals surface area contributed by atoms with E-state index in [0.717, 1.165) is 12.1 Å². The first-order chi connectivity index (χ1) is 8.86. The minimum absolute atomic E-state index is 0.229. The van der Waals surface area contributed by atoms with Crippen molar-refractivity contribution in [1.82, 2.24) is 15.0 Å². The Morgan fingerprint density at radius 2 is 1.89 bits per heavy atom. The van der Waals surface area contributed by atoms with Crippen LogP contribution in [0.4, 0.5) is 13.2 Å². The molecule has 0 aliphatic heterocycles. The summed E-state index contributed by atoms with van der Waals surface area (Å²) in [6.45, 7) is 0. The number of halogens is 3. The Balaban J connectivity index is 2.23. The maximum Gasteiger partial charge on any atom is 0.416 e. The van der Waals surface area contributed by atoms with Gasteiger partial charge in [-0.3, -0.25) is 4.79 Å². The molecule has 0 bridgehead atoms. The van der Waals surface area contributed by atoms with Gasteiger partial charge in [-0.1, -0.05) is 5.21 Å². The summed E-state index contributed by atoms with van der Waals surface area (Å²) in [4.78, 5) is 10.5. The Kier molecular flexibility index (Phi) is 3.24. The number of carbonyl (C=O) groups is 1. The summed E-state index contributed by atoms with van der Waals surface area (Å²) in [7, 11) is 0. The van der Waals surface area contributed by atoms with E-state index in [1.54, 1.807) is 0 Å². The van der Waals surface area contributed by atoms with Crippen LogP contribution in [-0.2, 0) is 17.4 Å². The van der Waals surface area contributed by atoms with Crippen molar-refractivity contribution in [3.05, 3.63) is 41.7 Å².